The summed E-state index contributed by atoms with van der Waals surface area (Å²) in [6.45, 7) is 1.56. The number of hydrogen-bond donors (Lipinski definition) is 1. The molecule has 5 rings (SSSR count). The van der Waals surface area contributed by atoms with Crippen LogP contribution < -0.4 is 14.8 Å². The average Bonchev–Trinajstić information content (AvgIpc) is 3.43. The van der Waals surface area contributed by atoms with Crippen molar-refractivity contribution >= 4 is 5.91 Å². The maximum atomic E-state index is 12.9. The van der Waals surface area contributed by atoms with E-state index >= 15 is 0 Å². The molecule has 2 aromatic carbocycles. The first-order valence-corrected chi connectivity index (χ1v) is 10.4. The molecule has 0 spiro atoms. The van der Waals surface area contributed by atoms with E-state index in [1.807, 2.05) is 36.4 Å². The molecule has 1 amide bonds. The van der Waals surface area contributed by atoms with Crippen LogP contribution in [-0.2, 0) is 24.3 Å². The second-order valence-electron chi connectivity index (χ2n) is 7.70. The van der Waals surface area contributed by atoms with Crippen LogP contribution in [0, 0.1) is 0 Å². The van der Waals surface area contributed by atoms with Gasteiger partial charge in [-0.15, -0.1) is 10.2 Å². The fourth-order valence-electron chi connectivity index (χ4n) is 4.18. The zero-order valence-corrected chi connectivity index (χ0v) is 16.7. The van der Waals surface area contributed by atoms with Crippen molar-refractivity contribution in [2.45, 2.75) is 44.7 Å². The third-order valence-corrected chi connectivity index (χ3v) is 5.77. The quantitative estimate of drug-likeness (QED) is 0.683. The summed E-state index contributed by atoms with van der Waals surface area (Å²) >= 11 is 0. The van der Waals surface area contributed by atoms with Crippen LogP contribution in [0.15, 0.2) is 48.5 Å². The lowest BCUT2D eigenvalue weighted by Crippen LogP contribution is -2.27. The number of nitrogens with zero attached hydrogens (tertiary/aromatic N) is 3. The Morgan fingerprint density at radius 2 is 1.90 bits per heavy atom. The van der Waals surface area contributed by atoms with Gasteiger partial charge >= 0.3 is 0 Å². The van der Waals surface area contributed by atoms with Gasteiger partial charge in [0.1, 0.15) is 5.82 Å². The number of amides is 1. The molecule has 0 saturated carbocycles. The normalized spacial score (nSPS) is 15.5. The number of carbonyl (C=O) groups is 1. The van der Waals surface area contributed by atoms with Gasteiger partial charge in [-0.3, -0.25) is 4.79 Å². The van der Waals surface area contributed by atoms with Crippen molar-refractivity contribution < 1.29 is 14.3 Å². The van der Waals surface area contributed by atoms with Gasteiger partial charge in [-0.25, -0.2) is 0 Å². The third kappa shape index (κ3) is 3.75. The van der Waals surface area contributed by atoms with E-state index in [1.165, 1.54) is 0 Å². The number of hydrogen-bond acceptors (Lipinski definition) is 5. The van der Waals surface area contributed by atoms with Crippen molar-refractivity contribution in [2.24, 2.45) is 0 Å². The summed E-state index contributed by atoms with van der Waals surface area (Å²) in [6.07, 6.45) is 3.58. The topological polar surface area (TPSA) is 78.3 Å². The lowest BCUT2D eigenvalue weighted by Gasteiger charge is -2.19. The summed E-state index contributed by atoms with van der Waals surface area (Å²) in [5.41, 5.74) is 2.12. The number of ether oxygens (including phenoxy) is 2. The van der Waals surface area contributed by atoms with Crippen LogP contribution in [0.1, 0.15) is 48.0 Å². The highest BCUT2D eigenvalue weighted by molar-refractivity contribution is 5.77. The molecule has 7 nitrogen and oxygen atoms in total. The molecule has 2 aliphatic heterocycles. The molecule has 1 aromatic heterocycles. The van der Waals surface area contributed by atoms with Gasteiger partial charge in [0, 0.05) is 25.3 Å². The van der Waals surface area contributed by atoms with E-state index in [1.54, 1.807) is 0 Å². The van der Waals surface area contributed by atoms with Gasteiger partial charge < -0.3 is 19.4 Å². The Kier molecular flexibility index (Phi) is 5.09. The Hall–Kier alpha value is -3.35. The van der Waals surface area contributed by atoms with Gasteiger partial charge in [-0.05, 0) is 36.1 Å². The van der Waals surface area contributed by atoms with Crippen molar-refractivity contribution in [3.05, 3.63) is 71.3 Å². The van der Waals surface area contributed by atoms with Crippen LogP contribution >= 0.6 is 0 Å². The van der Waals surface area contributed by atoms with Gasteiger partial charge in [0.05, 0.1) is 6.54 Å². The van der Waals surface area contributed by atoms with Crippen molar-refractivity contribution in [3.63, 3.8) is 0 Å². The number of benzene rings is 2. The highest BCUT2D eigenvalue weighted by atomic mass is 16.7. The fourth-order valence-corrected chi connectivity index (χ4v) is 4.18. The molecule has 1 atom stereocenters. The Morgan fingerprint density at radius 1 is 1.03 bits per heavy atom. The molecule has 154 valence electrons. The van der Waals surface area contributed by atoms with Gasteiger partial charge in [0.15, 0.2) is 17.3 Å². The number of carbonyl (C=O) groups excluding carboxylic acids is 1. The Bertz CT molecular complexity index is 1050. The average molecular weight is 404 g/mol. The minimum atomic E-state index is -0.0759. The predicted octanol–water partition coefficient (Wildman–Crippen LogP) is 3.18. The molecule has 0 fully saturated rings. The number of fused-ring (bicyclic) bond motifs is 2. The molecule has 2 aliphatic rings. The molecule has 7 heteroatoms. The molecule has 3 aromatic rings. The summed E-state index contributed by atoms with van der Waals surface area (Å²) in [7, 11) is 0. The Morgan fingerprint density at radius 3 is 2.80 bits per heavy atom. The minimum absolute atomic E-state index is 0.0188. The lowest BCUT2D eigenvalue weighted by atomic mass is 9.88. The first-order chi connectivity index (χ1) is 14.8. The number of aromatic nitrogens is 3. The summed E-state index contributed by atoms with van der Waals surface area (Å²) in [5, 5.41) is 11.6. The molecule has 30 heavy (non-hydrogen) atoms. The van der Waals surface area contributed by atoms with E-state index in [0.29, 0.717) is 13.0 Å². The zero-order chi connectivity index (χ0) is 20.3. The summed E-state index contributed by atoms with van der Waals surface area (Å²) in [4.78, 5) is 12.9. The largest absolute Gasteiger partial charge is 0.454 e. The summed E-state index contributed by atoms with van der Waals surface area (Å²) in [6, 6.07) is 16.0. The van der Waals surface area contributed by atoms with Crippen molar-refractivity contribution in [3.8, 4) is 11.5 Å². The number of aryl methyl sites for hydroxylation is 1. The Labute approximate surface area is 175 Å². The molecular weight excluding hydrogens is 380 g/mol. The van der Waals surface area contributed by atoms with E-state index in [9.17, 15) is 4.79 Å². The van der Waals surface area contributed by atoms with Crippen LogP contribution in [0.25, 0.3) is 0 Å². The smallest absolute Gasteiger partial charge is 0.231 e. The zero-order valence-electron chi connectivity index (χ0n) is 16.7. The third-order valence-electron chi connectivity index (χ3n) is 5.77. The van der Waals surface area contributed by atoms with Gasteiger partial charge in [0.2, 0.25) is 12.7 Å². The van der Waals surface area contributed by atoms with Crippen LogP contribution in [0.3, 0.4) is 0 Å². The summed E-state index contributed by atoms with van der Waals surface area (Å²) < 4.78 is 13.1. The van der Waals surface area contributed by atoms with Crippen LogP contribution in [0.5, 0.6) is 11.5 Å². The van der Waals surface area contributed by atoms with Crippen molar-refractivity contribution in [1.82, 2.24) is 20.1 Å². The van der Waals surface area contributed by atoms with Crippen LogP contribution in [0.2, 0.25) is 0 Å². The van der Waals surface area contributed by atoms with E-state index in [0.717, 1.165) is 60.1 Å². The van der Waals surface area contributed by atoms with Crippen molar-refractivity contribution in [1.29, 1.82) is 0 Å². The monoisotopic (exact) mass is 404 g/mol. The van der Waals surface area contributed by atoms with Gasteiger partial charge in [0.25, 0.3) is 0 Å². The van der Waals surface area contributed by atoms with Crippen LogP contribution in [-0.4, -0.2) is 27.5 Å². The maximum absolute atomic E-state index is 12.9. The first-order valence-electron chi connectivity index (χ1n) is 10.4. The van der Waals surface area contributed by atoms with E-state index in [4.69, 9.17) is 9.47 Å². The SMILES string of the molecule is O=C(CC(c1ccccc1)c1ccc2c(c1)OCO2)NCc1nnc2n1CCCC2. The molecule has 1 unspecified atom stereocenters. The van der Waals surface area contributed by atoms with E-state index in [2.05, 4.69) is 32.2 Å². The second-order valence-corrected chi connectivity index (χ2v) is 7.70. The van der Waals surface area contributed by atoms with E-state index in [-0.39, 0.29) is 18.6 Å². The molecule has 0 aliphatic carbocycles. The lowest BCUT2D eigenvalue weighted by molar-refractivity contribution is -0.121. The maximum Gasteiger partial charge on any atom is 0.231 e. The van der Waals surface area contributed by atoms with Crippen molar-refractivity contribution in [2.75, 3.05) is 6.79 Å². The molecule has 3 heterocycles. The molecule has 0 radical (unpaired) electrons. The molecule has 1 N–H and O–H groups in total. The molecule has 0 bridgehead atoms. The molecule has 0 saturated heterocycles. The predicted molar refractivity (Wildman–Crippen MR) is 110 cm³/mol. The van der Waals surface area contributed by atoms with Gasteiger partial charge in [-0.1, -0.05) is 36.4 Å². The fraction of sp³-hybridized carbons (Fsp3) is 0.348. The van der Waals surface area contributed by atoms with E-state index < -0.39 is 0 Å². The first kappa shape index (κ1) is 18.7. The minimum Gasteiger partial charge on any atom is -0.454 e. The molecular formula is C23H24N4O3. The van der Waals surface area contributed by atoms with Gasteiger partial charge in [-0.2, -0.15) is 0 Å². The standard InChI is InChI=1S/C23H24N4O3/c28-23(24-14-22-26-25-21-8-4-5-11-27(21)22)13-18(16-6-2-1-3-7-16)17-9-10-19-20(12-17)30-15-29-19/h1-3,6-7,9-10,12,18H,4-5,8,11,13-15H2,(H,24,28). The number of rotatable bonds is 6. The summed E-state index contributed by atoms with van der Waals surface area (Å²) in [5.74, 6) is 3.23. The number of nitrogens with one attached hydrogen (secondary N) is 1. The Balaban J connectivity index is 1.32. The van der Waals surface area contributed by atoms with Crippen LogP contribution in [0.4, 0.5) is 0 Å². The second kappa shape index (κ2) is 8.18. The highest BCUT2D eigenvalue weighted by Gasteiger charge is 2.22. The highest BCUT2D eigenvalue weighted by Crippen LogP contribution is 2.37.